The molecule has 1 aliphatic heterocycles. The zero-order valence-corrected chi connectivity index (χ0v) is 13.7. The van der Waals surface area contributed by atoms with Gasteiger partial charge in [-0.05, 0) is 62.5 Å². The third kappa shape index (κ3) is 5.62. The number of hydrogen-bond acceptors (Lipinski definition) is 4. The van der Waals surface area contributed by atoms with E-state index in [1.165, 1.54) is 6.07 Å². The predicted octanol–water partition coefficient (Wildman–Crippen LogP) is 1.73. The van der Waals surface area contributed by atoms with E-state index in [0.717, 1.165) is 44.5 Å². The van der Waals surface area contributed by atoms with Crippen LogP contribution in [0.15, 0.2) is 18.2 Å². The monoisotopic (exact) mass is 343 g/mol. The molecule has 2 rings (SSSR count). The summed E-state index contributed by atoms with van der Waals surface area (Å²) in [4.78, 5) is 13.2. The molecule has 0 aliphatic carbocycles. The van der Waals surface area contributed by atoms with Crippen molar-refractivity contribution in [1.82, 2.24) is 21.2 Å². The zero-order valence-electron chi connectivity index (χ0n) is 12.9. The second kappa shape index (κ2) is 9.02. The highest BCUT2D eigenvalue weighted by molar-refractivity contribution is 6.30. The van der Waals surface area contributed by atoms with Gasteiger partial charge in [0.1, 0.15) is 5.82 Å². The predicted molar refractivity (Wildman–Crippen MR) is 88.3 cm³/mol. The molecule has 0 saturated carbocycles. The Morgan fingerprint density at radius 1 is 1.39 bits per heavy atom. The van der Waals surface area contributed by atoms with Crippen LogP contribution in [0.25, 0.3) is 0 Å². The van der Waals surface area contributed by atoms with Crippen LogP contribution in [-0.4, -0.2) is 37.1 Å². The van der Waals surface area contributed by atoms with E-state index in [9.17, 15) is 9.18 Å². The molecule has 0 atom stereocenters. The molecular formula is C15H23ClFN5O. The van der Waals surface area contributed by atoms with Crippen molar-refractivity contribution in [2.75, 3.05) is 26.2 Å². The number of hydrogen-bond donors (Lipinski definition) is 4. The van der Waals surface area contributed by atoms with Gasteiger partial charge in [-0.25, -0.2) is 20.5 Å². The van der Waals surface area contributed by atoms with Crippen LogP contribution in [0.5, 0.6) is 0 Å². The zero-order chi connectivity index (χ0) is 16.7. The summed E-state index contributed by atoms with van der Waals surface area (Å²) in [7, 11) is 0. The number of nitrogens with one attached hydrogen (secondary N) is 3. The Morgan fingerprint density at radius 3 is 2.78 bits per heavy atom. The largest absolute Gasteiger partial charge is 0.343 e. The summed E-state index contributed by atoms with van der Waals surface area (Å²) < 4.78 is 13.2. The number of benzene rings is 1. The topological polar surface area (TPSA) is 82.4 Å². The Kier molecular flexibility index (Phi) is 7.04. The summed E-state index contributed by atoms with van der Waals surface area (Å²) in [5.41, 5.74) is 8.32. The average Bonchev–Trinajstić information content (AvgIpc) is 2.57. The second-order valence-corrected chi connectivity index (χ2v) is 6.08. The number of urea groups is 1. The molecule has 0 spiro atoms. The van der Waals surface area contributed by atoms with Gasteiger partial charge >= 0.3 is 6.03 Å². The minimum absolute atomic E-state index is 0.199. The Bertz CT molecular complexity index is 523. The first kappa shape index (κ1) is 17.9. The fourth-order valence-electron chi connectivity index (χ4n) is 2.83. The molecule has 23 heavy (non-hydrogen) atoms. The van der Waals surface area contributed by atoms with Crippen molar-refractivity contribution in [2.45, 2.75) is 25.2 Å². The molecule has 1 saturated heterocycles. The molecule has 128 valence electrons. The third-order valence-corrected chi connectivity index (χ3v) is 4.40. The summed E-state index contributed by atoms with van der Waals surface area (Å²) in [6.45, 7) is 3.67. The highest BCUT2D eigenvalue weighted by atomic mass is 35.5. The Hall–Kier alpha value is -1.41. The van der Waals surface area contributed by atoms with Crippen molar-refractivity contribution >= 4 is 17.6 Å². The standard InChI is InChI=1S/C15H23ClFN5O/c16-13-10-12(2-3-14(13)17)11-4-8-22(9-5-11)7-1-6-19-21-15(23)20-18/h2-3,10-11,19H,1,4-9,18H2,(H2,20,21,23). The van der Waals surface area contributed by atoms with E-state index in [-0.39, 0.29) is 10.8 Å². The molecule has 0 aromatic heterocycles. The van der Waals surface area contributed by atoms with Crippen molar-refractivity contribution in [3.8, 4) is 0 Å². The first-order valence-electron chi connectivity index (χ1n) is 7.77. The van der Waals surface area contributed by atoms with Crippen LogP contribution in [0.3, 0.4) is 0 Å². The van der Waals surface area contributed by atoms with Crippen LogP contribution >= 0.6 is 11.6 Å². The first-order chi connectivity index (χ1) is 11.1. The van der Waals surface area contributed by atoms with Crippen LogP contribution in [0.4, 0.5) is 9.18 Å². The van der Waals surface area contributed by atoms with Crippen LogP contribution in [0.1, 0.15) is 30.7 Å². The minimum atomic E-state index is -0.455. The highest BCUT2D eigenvalue weighted by Gasteiger charge is 2.20. The van der Waals surface area contributed by atoms with E-state index >= 15 is 0 Å². The van der Waals surface area contributed by atoms with Gasteiger partial charge < -0.3 is 4.90 Å². The molecule has 8 heteroatoms. The van der Waals surface area contributed by atoms with E-state index < -0.39 is 6.03 Å². The Labute approximate surface area is 140 Å². The molecule has 5 N–H and O–H groups in total. The molecule has 1 fully saturated rings. The number of nitrogens with two attached hydrogens (primary N) is 1. The van der Waals surface area contributed by atoms with E-state index in [1.54, 1.807) is 6.07 Å². The van der Waals surface area contributed by atoms with Crippen LogP contribution in [-0.2, 0) is 0 Å². The van der Waals surface area contributed by atoms with E-state index in [2.05, 4.69) is 15.8 Å². The van der Waals surface area contributed by atoms with Gasteiger partial charge in [0, 0.05) is 6.54 Å². The molecular weight excluding hydrogens is 321 g/mol. The van der Waals surface area contributed by atoms with Crippen molar-refractivity contribution in [3.63, 3.8) is 0 Å². The van der Waals surface area contributed by atoms with Gasteiger partial charge in [0.15, 0.2) is 0 Å². The van der Waals surface area contributed by atoms with E-state index in [1.807, 2.05) is 11.5 Å². The number of nitrogens with zero attached hydrogens (tertiary/aromatic N) is 1. The number of amides is 2. The number of carbonyl (C=O) groups is 1. The fraction of sp³-hybridized carbons (Fsp3) is 0.533. The SMILES string of the molecule is NNC(=O)NNCCCN1CCC(c2ccc(F)c(Cl)c2)CC1. The number of hydrazine groups is 2. The van der Waals surface area contributed by atoms with Gasteiger partial charge in [-0.2, -0.15) is 0 Å². The number of piperidine rings is 1. The van der Waals surface area contributed by atoms with Gasteiger partial charge in [0.05, 0.1) is 5.02 Å². The van der Waals surface area contributed by atoms with Crippen LogP contribution in [0, 0.1) is 5.82 Å². The van der Waals surface area contributed by atoms with Gasteiger partial charge in [-0.15, -0.1) is 0 Å². The highest BCUT2D eigenvalue weighted by Crippen LogP contribution is 2.30. The molecule has 1 aromatic carbocycles. The maximum Gasteiger partial charge on any atom is 0.343 e. The lowest BCUT2D eigenvalue weighted by Crippen LogP contribution is -2.47. The molecule has 6 nitrogen and oxygen atoms in total. The summed E-state index contributed by atoms with van der Waals surface area (Å²) >= 11 is 5.86. The smallest absolute Gasteiger partial charge is 0.303 e. The quantitative estimate of drug-likeness (QED) is 0.274. The molecule has 1 aliphatic rings. The lowest BCUT2D eigenvalue weighted by atomic mass is 9.89. The molecule has 1 aromatic rings. The van der Waals surface area contributed by atoms with Gasteiger partial charge in [0.2, 0.25) is 0 Å². The van der Waals surface area contributed by atoms with Crippen molar-refractivity contribution in [2.24, 2.45) is 5.84 Å². The molecule has 1 heterocycles. The number of likely N-dealkylation sites (tertiary alicyclic amines) is 1. The second-order valence-electron chi connectivity index (χ2n) is 5.67. The van der Waals surface area contributed by atoms with Crippen LogP contribution < -0.4 is 22.1 Å². The van der Waals surface area contributed by atoms with E-state index in [4.69, 9.17) is 17.4 Å². The summed E-state index contributed by atoms with van der Waals surface area (Å²) in [6.07, 6.45) is 3.02. The number of carbonyl (C=O) groups excluding carboxylic acids is 1. The maximum atomic E-state index is 13.2. The van der Waals surface area contributed by atoms with Crippen molar-refractivity contribution in [1.29, 1.82) is 0 Å². The van der Waals surface area contributed by atoms with Crippen molar-refractivity contribution in [3.05, 3.63) is 34.6 Å². The molecule has 0 radical (unpaired) electrons. The Morgan fingerprint density at radius 2 is 2.13 bits per heavy atom. The fourth-order valence-corrected chi connectivity index (χ4v) is 3.02. The molecule has 0 bridgehead atoms. The first-order valence-corrected chi connectivity index (χ1v) is 8.14. The number of rotatable bonds is 6. The summed E-state index contributed by atoms with van der Waals surface area (Å²) in [5.74, 6) is 5.02. The lowest BCUT2D eigenvalue weighted by Gasteiger charge is -2.32. The summed E-state index contributed by atoms with van der Waals surface area (Å²) in [5, 5.41) is 0.199. The van der Waals surface area contributed by atoms with Gasteiger partial charge in [0.25, 0.3) is 0 Å². The lowest BCUT2D eigenvalue weighted by molar-refractivity contribution is 0.208. The minimum Gasteiger partial charge on any atom is -0.303 e. The van der Waals surface area contributed by atoms with Crippen molar-refractivity contribution < 1.29 is 9.18 Å². The number of halogens is 2. The summed E-state index contributed by atoms with van der Waals surface area (Å²) in [6, 6.07) is 4.57. The maximum absolute atomic E-state index is 13.2. The van der Waals surface area contributed by atoms with Gasteiger partial charge in [-0.1, -0.05) is 17.7 Å². The normalized spacial score (nSPS) is 16.3. The van der Waals surface area contributed by atoms with E-state index in [0.29, 0.717) is 12.5 Å². The molecule has 0 unspecified atom stereocenters. The molecule has 2 amide bonds. The van der Waals surface area contributed by atoms with Gasteiger partial charge in [-0.3, -0.25) is 10.9 Å². The van der Waals surface area contributed by atoms with Crippen LogP contribution in [0.2, 0.25) is 5.02 Å². The Balaban J connectivity index is 1.66. The third-order valence-electron chi connectivity index (χ3n) is 4.11. The average molecular weight is 344 g/mol.